The maximum absolute atomic E-state index is 13.9. The minimum Gasteiger partial charge on any atom is -0.244 e. The zero-order chi connectivity index (χ0) is 10.9. The van der Waals surface area contributed by atoms with Gasteiger partial charge in [-0.05, 0) is 56.3 Å². The summed E-state index contributed by atoms with van der Waals surface area (Å²) in [5.41, 5.74) is -0.700. The predicted octanol–water partition coefficient (Wildman–Crippen LogP) is 4.73. The van der Waals surface area contributed by atoms with Gasteiger partial charge in [-0.15, -0.1) is 0 Å². The average molecular weight is 212 g/mol. The van der Waals surface area contributed by atoms with Crippen LogP contribution in [-0.2, 0) is 0 Å². The van der Waals surface area contributed by atoms with Gasteiger partial charge in [0.1, 0.15) is 5.67 Å². The molecule has 4 aliphatic carbocycles. The topological polar surface area (TPSA) is 0 Å². The van der Waals surface area contributed by atoms with Gasteiger partial charge in [-0.3, -0.25) is 0 Å². The van der Waals surface area contributed by atoms with Gasteiger partial charge in [0.15, 0.2) is 0 Å². The fourth-order valence-corrected chi connectivity index (χ4v) is 4.00. The lowest BCUT2D eigenvalue weighted by atomic mass is 9.55. The van der Waals surface area contributed by atoms with Gasteiger partial charge in [-0.1, -0.05) is 26.7 Å². The maximum atomic E-state index is 13.9. The average Bonchev–Trinajstić information content (AvgIpc) is 2.14. The molecule has 0 aromatic heterocycles. The van der Waals surface area contributed by atoms with Gasteiger partial charge in [0.05, 0.1) is 0 Å². The molecule has 0 N–H and O–H groups in total. The molecule has 15 heavy (non-hydrogen) atoms. The zero-order valence-electron chi connectivity index (χ0n) is 10.3. The quantitative estimate of drug-likeness (QED) is 0.589. The van der Waals surface area contributed by atoms with Crippen molar-refractivity contribution in [3.63, 3.8) is 0 Å². The van der Waals surface area contributed by atoms with Crippen LogP contribution in [0, 0.1) is 17.8 Å². The van der Waals surface area contributed by atoms with Crippen LogP contribution >= 0.6 is 0 Å². The van der Waals surface area contributed by atoms with E-state index in [4.69, 9.17) is 0 Å². The molecule has 4 aliphatic rings. The first kappa shape index (κ1) is 11.4. The Bertz CT molecular complexity index is 172. The van der Waals surface area contributed by atoms with Crippen LogP contribution in [0.15, 0.2) is 0 Å². The molecule has 88 valence electrons. The van der Waals surface area contributed by atoms with Gasteiger partial charge < -0.3 is 0 Å². The predicted molar refractivity (Wildman–Crippen MR) is 62.6 cm³/mol. The second kappa shape index (κ2) is 4.43. The van der Waals surface area contributed by atoms with Gasteiger partial charge in [0.2, 0.25) is 0 Å². The van der Waals surface area contributed by atoms with E-state index in [1.54, 1.807) is 0 Å². The third kappa shape index (κ3) is 2.54. The largest absolute Gasteiger partial charge is 0.244 e. The van der Waals surface area contributed by atoms with Gasteiger partial charge in [-0.2, -0.15) is 0 Å². The molecule has 0 saturated heterocycles. The summed E-state index contributed by atoms with van der Waals surface area (Å²) >= 11 is 0. The van der Waals surface area contributed by atoms with E-state index in [0.717, 1.165) is 37.0 Å². The molecule has 4 saturated carbocycles. The first-order chi connectivity index (χ1) is 7.15. The molecule has 4 rings (SSSR count). The molecule has 0 heterocycles. The van der Waals surface area contributed by atoms with E-state index in [2.05, 4.69) is 13.8 Å². The summed E-state index contributed by atoms with van der Waals surface area (Å²) in [5.74, 6) is 2.31. The van der Waals surface area contributed by atoms with Gasteiger partial charge in [-0.25, -0.2) is 4.39 Å². The van der Waals surface area contributed by atoms with E-state index in [1.807, 2.05) is 0 Å². The number of halogens is 1. The molecule has 4 fully saturated rings. The van der Waals surface area contributed by atoms with Crippen molar-refractivity contribution in [2.24, 2.45) is 17.8 Å². The SMILES string of the molecule is CCCC.FC12CC3CC(CC(C3)C1)C2. The molecule has 0 amide bonds. The van der Waals surface area contributed by atoms with E-state index in [-0.39, 0.29) is 0 Å². The standard InChI is InChI=1S/C10H15F.C4H10/c11-10-4-7-1-8(5-10)3-9(2-7)6-10;1-3-4-2/h7-9H,1-6H2;3-4H2,1-2H3. The lowest BCUT2D eigenvalue weighted by Gasteiger charge is -2.52. The monoisotopic (exact) mass is 212 g/mol. The fourth-order valence-electron chi connectivity index (χ4n) is 4.00. The van der Waals surface area contributed by atoms with Gasteiger partial charge in [0, 0.05) is 0 Å². The van der Waals surface area contributed by atoms with E-state index in [9.17, 15) is 4.39 Å². The van der Waals surface area contributed by atoms with Gasteiger partial charge in [0.25, 0.3) is 0 Å². The lowest BCUT2D eigenvalue weighted by molar-refractivity contribution is -0.0727. The highest BCUT2D eigenvalue weighted by atomic mass is 19.1. The smallest absolute Gasteiger partial charge is 0.111 e. The molecule has 0 nitrogen and oxygen atoms in total. The molecule has 0 aromatic carbocycles. The molecule has 0 aromatic rings. The van der Waals surface area contributed by atoms with Crippen molar-refractivity contribution in [3.05, 3.63) is 0 Å². The molecular formula is C14H25F. The second-order valence-electron chi connectivity index (χ2n) is 6.07. The number of hydrogen-bond acceptors (Lipinski definition) is 0. The van der Waals surface area contributed by atoms with Crippen LogP contribution in [0.2, 0.25) is 0 Å². The summed E-state index contributed by atoms with van der Waals surface area (Å²) in [5, 5.41) is 0. The maximum Gasteiger partial charge on any atom is 0.111 e. The Balaban J connectivity index is 0.000000188. The van der Waals surface area contributed by atoms with Crippen molar-refractivity contribution in [1.29, 1.82) is 0 Å². The Labute approximate surface area is 93.6 Å². The Morgan fingerprint density at radius 3 is 1.40 bits per heavy atom. The van der Waals surface area contributed by atoms with Crippen LogP contribution in [0.5, 0.6) is 0 Å². The lowest BCUT2D eigenvalue weighted by Crippen LogP contribution is -2.47. The Hall–Kier alpha value is -0.0700. The zero-order valence-corrected chi connectivity index (χ0v) is 10.3. The number of alkyl halides is 1. The molecule has 1 heteroatoms. The van der Waals surface area contributed by atoms with E-state index in [1.165, 1.54) is 32.1 Å². The van der Waals surface area contributed by atoms with Crippen LogP contribution in [0.1, 0.15) is 65.2 Å². The molecule has 0 aliphatic heterocycles. The minimum atomic E-state index is -0.700. The highest BCUT2D eigenvalue weighted by Gasteiger charge is 2.51. The summed E-state index contributed by atoms with van der Waals surface area (Å²) < 4.78 is 13.9. The molecular weight excluding hydrogens is 187 g/mol. The Kier molecular flexibility index (Phi) is 3.37. The van der Waals surface area contributed by atoms with Crippen LogP contribution in [0.25, 0.3) is 0 Å². The molecule has 4 bridgehead atoms. The summed E-state index contributed by atoms with van der Waals surface area (Å²) in [7, 11) is 0. The minimum absolute atomic E-state index is 0.700. The summed E-state index contributed by atoms with van der Waals surface area (Å²) in [6.07, 6.45) is 9.40. The first-order valence-electron chi connectivity index (χ1n) is 6.84. The molecule has 0 radical (unpaired) electrons. The van der Waals surface area contributed by atoms with Crippen molar-refractivity contribution in [3.8, 4) is 0 Å². The third-order valence-corrected chi connectivity index (χ3v) is 4.46. The highest BCUT2D eigenvalue weighted by molar-refractivity contribution is 5.02. The van der Waals surface area contributed by atoms with Gasteiger partial charge >= 0.3 is 0 Å². The van der Waals surface area contributed by atoms with Crippen molar-refractivity contribution >= 4 is 0 Å². The molecule has 0 spiro atoms. The first-order valence-corrected chi connectivity index (χ1v) is 6.84. The molecule has 0 unspecified atom stereocenters. The van der Waals surface area contributed by atoms with Crippen molar-refractivity contribution in [1.82, 2.24) is 0 Å². The number of rotatable bonds is 1. The Morgan fingerprint density at radius 1 is 0.867 bits per heavy atom. The molecule has 0 atom stereocenters. The normalized spacial score (nSPS) is 46.2. The van der Waals surface area contributed by atoms with Crippen LogP contribution in [0.4, 0.5) is 4.39 Å². The highest BCUT2D eigenvalue weighted by Crippen LogP contribution is 2.57. The fraction of sp³-hybridized carbons (Fsp3) is 1.00. The van der Waals surface area contributed by atoms with Crippen molar-refractivity contribution < 1.29 is 4.39 Å². The summed E-state index contributed by atoms with van der Waals surface area (Å²) in [6, 6.07) is 0. The van der Waals surface area contributed by atoms with E-state index in [0.29, 0.717) is 0 Å². The van der Waals surface area contributed by atoms with E-state index >= 15 is 0 Å². The van der Waals surface area contributed by atoms with Crippen molar-refractivity contribution in [2.45, 2.75) is 70.9 Å². The van der Waals surface area contributed by atoms with E-state index < -0.39 is 5.67 Å². The van der Waals surface area contributed by atoms with Crippen molar-refractivity contribution in [2.75, 3.05) is 0 Å². The second-order valence-corrected chi connectivity index (χ2v) is 6.07. The number of unbranched alkanes of at least 4 members (excludes halogenated alkanes) is 1. The van der Waals surface area contributed by atoms with Crippen LogP contribution in [0.3, 0.4) is 0 Å². The van der Waals surface area contributed by atoms with Crippen LogP contribution in [-0.4, -0.2) is 5.67 Å². The summed E-state index contributed by atoms with van der Waals surface area (Å²) in [4.78, 5) is 0. The van der Waals surface area contributed by atoms with Crippen LogP contribution < -0.4 is 0 Å². The number of hydrogen-bond donors (Lipinski definition) is 0. The third-order valence-electron chi connectivity index (χ3n) is 4.46. The summed E-state index contributed by atoms with van der Waals surface area (Å²) in [6.45, 7) is 4.36. The Morgan fingerprint density at radius 2 is 1.20 bits per heavy atom.